The Bertz CT molecular complexity index is 1250. The third kappa shape index (κ3) is 3.54. The number of nitrogens with zero attached hydrogens (tertiary/aromatic N) is 1. The number of hydrogen-bond acceptors (Lipinski definition) is 5. The number of allylic oxidation sites excluding steroid dienone is 1. The van der Waals surface area contributed by atoms with Crippen molar-refractivity contribution in [1.82, 2.24) is 0 Å². The molecule has 0 aromatic heterocycles. The summed E-state index contributed by atoms with van der Waals surface area (Å²) in [5.41, 5.74) is 5.88. The van der Waals surface area contributed by atoms with Gasteiger partial charge < -0.3 is 10.6 Å². The molecule has 32 heavy (non-hydrogen) atoms. The zero-order valence-corrected chi connectivity index (χ0v) is 17.7. The van der Waals surface area contributed by atoms with Crippen molar-refractivity contribution in [3.8, 4) is 0 Å². The molecule has 2 aliphatic rings. The molecule has 0 amide bonds. The second-order valence-electron chi connectivity index (χ2n) is 8.40. The van der Waals surface area contributed by atoms with Crippen molar-refractivity contribution in [3.63, 3.8) is 0 Å². The van der Waals surface area contributed by atoms with Crippen LogP contribution in [-0.2, 0) is 4.79 Å². The molecule has 0 saturated carbocycles. The summed E-state index contributed by atoms with van der Waals surface area (Å²) in [6.45, 7) is 2.04. The van der Waals surface area contributed by atoms with Gasteiger partial charge in [0.1, 0.15) is 0 Å². The van der Waals surface area contributed by atoms with Crippen molar-refractivity contribution >= 4 is 22.8 Å². The van der Waals surface area contributed by atoms with E-state index in [0.29, 0.717) is 24.0 Å². The van der Waals surface area contributed by atoms with E-state index in [-0.39, 0.29) is 22.3 Å². The molecule has 0 saturated heterocycles. The Labute approximate surface area is 186 Å². The van der Waals surface area contributed by atoms with Gasteiger partial charge in [-0.15, -0.1) is 0 Å². The minimum atomic E-state index is -0.603. The molecule has 2 N–H and O–H groups in total. The number of Topliss-reactive ketones (excluding diaryl/α,β-unsaturated/α-hetero) is 1. The van der Waals surface area contributed by atoms with E-state index in [4.69, 9.17) is 0 Å². The highest BCUT2D eigenvalue weighted by molar-refractivity contribution is 6.01. The monoisotopic (exact) mass is 425 g/mol. The van der Waals surface area contributed by atoms with Crippen molar-refractivity contribution in [3.05, 3.63) is 111 Å². The fourth-order valence-corrected chi connectivity index (χ4v) is 4.70. The highest BCUT2D eigenvalue weighted by atomic mass is 16.6. The maximum atomic E-state index is 13.5. The van der Waals surface area contributed by atoms with Crippen molar-refractivity contribution in [1.29, 1.82) is 0 Å². The summed E-state index contributed by atoms with van der Waals surface area (Å²) < 4.78 is 0. The lowest BCUT2D eigenvalue weighted by molar-refractivity contribution is -0.385. The van der Waals surface area contributed by atoms with Crippen LogP contribution in [0.1, 0.15) is 41.5 Å². The molecule has 6 nitrogen and oxygen atoms in total. The van der Waals surface area contributed by atoms with Gasteiger partial charge in [0.25, 0.3) is 5.69 Å². The van der Waals surface area contributed by atoms with Crippen LogP contribution in [0.25, 0.3) is 0 Å². The predicted molar refractivity (Wildman–Crippen MR) is 125 cm³/mol. The first-order valence-electron chi connectivity index (χ1n) is 10.7. The zero-order valence-electron chi connectivity index (χ0n) is 17.7. The van der Waals surface area contributed by atoms with Crippen LogP contribution >= 0.6 is 0 Å². The fraction of sp³-hybridized carbons (Fsp3) is 0.192. The van der Waals surface area contributed by atoms with Gasteiger partial charge in [0.05, 0.1) is 27.9 Å². The molecule has 0 spiro atoms. The lowest BCUT2D eigenvalue weighted by Gasteiger charge is -2.29. The maximum absolute atomic E-state index is 13.5. The summed E-state index contributed by atoms with van der Waals surface area (Å²) in [5.74, 6) is 0.0683. The minimum Gasteiger partial charge on any atom is -0.372 e. The number of para-hydroxylation sites is 3. The number of carbonyl (C=O) groups is 1. The summed E-state index contributed by atoms with van der Waals surface area (Å²) in [5, 5.41) is 18.7. The van der Waals surface area contributed by atoms with Crippen LogP contribution in [0.5, 0.6) is 0 Å². The second-order valence-corrected chi connectivity index (χ2v) is 8.40. The SMILES string of the molecule is Cc1ccc([C@@H]2CC(=O)C3=C(C2)Nc2ccccc2N[C@H]3c2ccccc2[N+](=O)[O-])cc1. The minimum absolute atomic E-state index is 0.00434. The lowest BCUT2D eigenvalue weighted by atomic mass is 9.78. The Morgan fingerprint density at radius 1 is 0.906 bits per heavy atom. The Morgan fingerprint density at radius 2 is 1.59 bits per heavy atom. The highest BCUT2D eigenvalue weighted by Crippen LogP contribution is 2.45. The van der Waals surface area contributed by atoms with Crippen LogP contribution in [0.3, 0.4) is 0 Å². The molecule has 0 fully saturated rings. The fourth-order valence-electron chi connectivity index (χ4n) is 4.70. The normalized spacial score (nSPS) is 19.8. The van der Waals surface area contributed by atoms with Crippen molar-refractivity contribution in [2.24, 2.45) is 0 Å². The average Bonchev–Trinajstić information content (AvgIpc) is 2.96. The molecule has 2 atom stereocenters. The van der Waals surface area contributed by atoms with E-state index in [1.165, 1.54) is 11.6 Å². The molecule has 1 heterocycles. The number of nitro groups is 1. The summed E-state index contributed by atoms with van der Waals surface area (Å²) in [6.07, 6.45) is 1.04. The lowest BCUT2D eigenvalue weighted by Crippen LogP contribution is -2.27. The number of benzene rings is 3. The molecule has 0 bridgehead atoms. The van der Waals surface area contributed by atoms with Gasteiger partial charge in [-0.05, 0) is 43.0 Å². The topological polar surface area (TPSA) is 84.3 Å². The van der Waals surface area contributed by atoms with E-state index in [2.05, 4.69) is 34.9 Å². The van der Waals surface area contributed by atoms with E-state index in [1.54, 1.807) is 18.2 Å². The summed E-state index contributed by atoms with van der Waals surface area (Å²) >= 11 is 0. The number of rotatable bonds is 3. The zero-order chi connectivity index (χ0) is 22.2. The number of fused-ring (bicyclic) bond motifs is 1. The van der Waals surface area contributed by atoms with Gasteiger partial charge in [0, 0.05) is 23.8 Å². The van der Waals surface area contributed by atoms with Crippen LogP contribution < -0.4 is 10.6 Å². The number of nitrogens with one attached hydrogen (secondary N) is 2. The number of nitro benzene ring substituents is 1. The van der Waals surface area contributed by atoms with Crippen LogP contribution in [0, 0.1) is 17.0 Å². The van der Waals surface area contributed by atoms with Gasteiger partial charge >= 0.3 is 0 Å². The largest absolute Gasteiger partial charge is 0.372 e. The van der Waals surface area contributed by atoms with Crippen molar-refractivity contribution < 1.29 is 9.72 Å². The first-order valence-corrected chi connectivity index (χ1v) is 10.7. The Hall–Kier alpha value is -3.93. The molecular formula is C26H23N3O3. The molecular weight excluding hydrogens is 402 g/mol. The van der Waals surface area contributed by atoms with Crippen LogP contribution in [0.2, 0.25) is 0 Å². The van der Waals surface area contributed by atoms with E-state index in [0.717, 1.165) is 22.6 Å². The van der Waals surface area contributed by atoms with Gasteiger partial charge in [0.15, 0.2) is 5.78 Å². The van der Waals surface area contributed by atoms with Gasteiger partial charge in [-0.2, -0.15) is 0 Å². The number of ketones is 1. The maximum Gasteiger partial charge on any atom is 0.275 e. The van der Waals surface area contributed by atoms with Gasteiger partial charge in [0.2, 0.25) is 0 Å². The van der Waals surface area contributed by atoms with Gasteiger partial charge in [-0.3, -0.25) is 14.9 Å². The van der Waals surface area contributed by atoms with E-state index in [9.17, 15) is 14.9 Å². The Morgan fingerprint density at radius 3 is 2.34 bits per heavy atom. The Kier molecular flexibility index (Phi) is 4.98. The number of carbonyl (C=O) groups excluding carboxylic acids is 1. The third-order valence-corrected chi connectivity index (χ3v) is 6.30. The third-order valence-electron chi connectivity index (χ3n) is 6.30. The summed E-state index contributed by atoms with van der Waals surface area (Å²) in [6, 6.07) is 22.1. The van der Waals surface area contributed by atoms with E-state index in [1.807, 2.05) is 31.2 Å². The van der Waals surface area contributed by atoms with Crippen LogP contribution in [0.4, 0.5) is 17.1 Å². The molecule has 160 valence electrons. The van der Waals surface area contributed by atoms with Crippen molar-refractivity contribution in [2.45, 2.75) is 31.7 Å². The number of anilines is 2. The smallest absolute Gasteiger partial charge is 0.275 e. The molecule has 5 rings (SSSR count). The number of aryl methyl sites for hydroxylation is 1. The number of hydrogen-bond donors (Lipinski definition) is 2. The highest BCUT2D eigenvalue weighted by Gasteiger charge is 2.38. The van der Waals surface area contributed by atoms with Crippen LogP contribution in [0.15, 0.2) is 84.1 Å². The molecule has 0 radical (unpaired) electrons. The van der Waals surface area contributed by atoms with Gasteiger partial charge in [-0.1, -0.05) is 54.1 Å². The quantitative estimate of drug-likeness (QED) is 0.404. The second kappa shape index (κ2) is 7.96. The standard InChI is InChI=1S/C26H23N3O3/c1-16-10-12-17(13-11-16)18-14-22-25(24(30)15-18)26(19-6-2-5-9-23(19)29(31)32)28-21-8-4-3-7-20(21)27-22/h2-13,18,26-28H,14-15H2,1H3/t18-,26-/m0/s1. The van der Waals surface area contributed by atoms with Crippen molar-refractivity contribution in [2.75, 3.05) is 10.6 Å². The summed E-state index contributed by atoms with van der Waals surface area (Å²) in [4.78, 5) is 24.9. The average molecular weight is 425 g/mol. The first-order chi connectivity index (χ1) is 15.5. The molecule has 1 aliphatic heterocycles. The molecule has 0 unspecified atom stereocenters. The molecule has 3 aromatic carbocycles. The van der Waals surface area contributed by atoms with E-state index >= 15 is 0 Å². The predicted octanol–water partition coefficient (Wildman–Crippen LogP) is 5.88. The molecule has 1 aliphatic carbocycles. The van der Waals surface area contributed by atoms with Crippen LogP contribution in [-0.4, -0.2) is 10.7 Å². The van der Waals surface area contributed by atoms with E-state index < -0.39 is 6.04 Å². The van der Waals surface area contributed by atoms with Gasteiger partial charge in [-0.25, -0.2) is 0 Å². The molecule has 6 heteroatoms. The first kappa shape index (κ1) is 20.0. The summed E-state index contributed by atoms with van der Waals surface area (Å²) in [7, 11) is 0. The Balaban J connectivity index is 1.64. The molecule has 3 aromatic rings.